The number of carbonyl (C=O) groups excluding carboxylic acids is 3. The monoisotopic (exact) mass is 479 g/mol. The van der Waals surface area contributed by atoms with E-state index in [2.05, 4.69) is 16.0 Å². The summed E-state index contributed by atoms with van der Waals surface area (Å²) in [5.74, 6) is -3.00. The number of benzene rings is 3. The Kier molecular flexibility index (Phi) is 8.66. The molecule has 0 spiro atoms. The molecule has 35 heavy (non-hydrogen) atoms. The lowest BCUT2D eigenvalue weighted by Gasteiger charge is -2.12. The standard InChI is InChI=1S/C26H23F2N3O4/c1-2-29-24(32)16-35-18-13-11-17(12-14-18)15-19(25(33)30-22-9-5-3-7-20(22)27)26(34)31-23-10-6-4-8-21(23)28/h3-15H,2,16H2,1H3,(H,29,32)(H,30,33)(H,31,34). The van der Waals surface area contributed by atoms with Gasteiger partial charge >= 0.3 is 0 Å². The maximum atomic E-state index is 14.0. The molecule has 0 heterocycles. The third kappa shape index (κ3) is 7.23. The van der Waals surface area contributed by atoms with Crippen molar-refractivity contribution in [2.75, 3.05) is 23.8 Å². The van der Waals surface area contributed by atoms with Crippen molar-refractivity contribution in [3.63, 3.8) is 0 Å². The molecule has 0 unspecified atom stereocenters. The van der Waals surface area contributed by atoms with Crippen LogP contribution in [0, 0.1) is 11.6 Å². The first-order valence-electron chi connectivity index (χ1n) is 10.7. The molecule has 7 nitrogen and oxygen atoms in total. The molecule has 0 aromatic heterocycles. The first-order chi connectivity index (χ1) is 16.9. The quantitative estimate of drug-likeness (QED) is 0.244. The lowest BCUT2D eigenvalue weighted by atomic mass is 10.1. The molecule has 0 bridgehead atoms. The molecule has 3 rings (SSSR count). The van der Waals surface area contributed by atoms with Crippen LogP contribution in [-0.4, -0.2) is 30.9 Å². The average Bonchev–Trinajstić information content (AvgIpc) is 2.85. The molecule has 3 aromatic carbocycles. The molecular weight excluding hydrogens is 456 g/mol. The normalized spacial score (nSPS) is 10.1. The molecule has 3 amide bonds. The van der Waals surface area contributed by atoms with Gasteiger partial charge in [-0.3, -0.25) is 14.4 Å². The van der Waals surface area contributed by atoms with Gasteiger partial charge in [0.1, 0.15) is 23.0 Å². The van der Waals surface area contributed by atoms with Crippen molar-refractivity contribution < 1.29 is 27.9 Å². The molecule has 0 aliphatic carbocycles. The van der Waals surface area contributed by atoms with Gasteiger partial charge in [-0.15, -0.1) is 0 Å². The summed E-state index contributed by atoms with van der Waals surface area (Å²) >= 11 is 0. The minimum Gasteiger partial charge on any atom is -0.484 e. The number of nitrogens with one attached hydrogen (secondary N) is 3. The summed E-state index contributed by atoms with van der Waals surface area (Å²) in [7, 11) is 0. The highest BCUT2D eigenvalue weighted by Gasteiger charge is 2.21. The van der Waals surface area contributed by atoms with E-state index in [1.54, 1.807) is 31.2 Å². The molecule has 0 aliphatic heterocycles. The van der Waals surface area contributed by atoms with Crippen LogP contribution in [0.25, 0.3) is 6.08 Å². The number of ether oxygens (including phenoxy) is 1. The maximum Gasteiger partial charge on any atom is 0.261 e. The molecule has 0 atom stereocenters. The predicted molar refractivity (Wildman–Crippen MR) is 129 cm³/mol. The number of halogens is 2. The fraction of sp³-hybridized carbons (Fsp3) is 0.115. The fourth-order valence-electron chi connectivity index (χ4n) is 2.96. The average molecular weight is 479 g/mol. The first kappa shape index (κ1) is 25.1. The third-order valence-corrected chi connectivity index (χ3v) is 4.67. The lowest BCUT2D eigenvalue weighted by molar-refractivity contribution is -0.123. The third-order valence-electron chi connectivity index (χ3n) is 4.67. The van der Waals surface area contributed by atoms with Gasteiger partial charge in [0.05, 0.1) is 11.4 Å². The number of anilines is 2. The van der Waals surface area contributed by atoms with Crippen LogP contribution >= 0.6 is 0 Å². The molecule has 0 radical (unpaired) electrons. The van der Waals surface area contributed by atoms with Gasteiger partial charge in [0.2, 0.25) is 0 Å². The maximum absolute atomic E-state index is 14.0. The Morgan fingerprint density at radius 1 is 0.800 bits per heavy atom. The molecule has 0 fully saturated rings. The van der Waals surface area contributed by atoms with E-state index >= 15 is 0 Å². The van der Waals surface area contributed by atoms with Crippen molar-refractivity contribution in [1.82, 2.24) is 5.32 Å². The summed E-state index contributed by atoms with van der Waals surface area (Å²) in [6.45, 7) is 2.12. The number of rotatable bonds is 9. The Balaban J connectivity index is 1.84. The highest BCUT2D eigenvalue weighted by molar-refractivity contribution is 6.28. The van der Waals surface area contributed by atoms with Crippen LogP contribution < -0.4 is 20.7 Å². The van der Waals surface area contributed by atoms with E-state index in [1.807, 2.05) is 0 Å². The molecule has 0 aliphatic rings. The number of likely N-dealkylation sites (N-methyl/N-ethyl adjacent to an activating group) is 1. The molecule has 0 saturated heterocycles. The molecule has 9 heteroatoms. The van der Waals surface area contributed by atoms with Crippen molar-refractivity contribution in [2.24, 2.45) is 0 Å². The molecule has 0 saturated carbocycles. The van der Waals surface area contributed by atoms with Crippen LogP contribution in [0.15, 0.2) is 78.4 Å². The van der Waals surface area contributed by atoms with Gasteiger partial charge in [0.25, 0.3) is 17.7 Å². The second-order valence-corrected chi connectivity index (χ2v) is 7.24. The Labute approximate surface area is 200 Å². The van der Waals surface area contributed by atoms with E-state index in [4.69, 9.17) is 4.74 Å². The number of para-hydroxylation sites is 2. The van der Waals surface area contributed by atoms with Crippen molar-refractivity contribution in [1.29, 1.82) is 0 Å². The zero-order valence-corrected chi connectivity index (χ0v) is 18.8. The topological polar surface area (TPSA) is 96.5 Å². The van der Waals surface area contributed by atoms with E-state index in [1.165, 1.54) is 42.5 Å². The van der Waals surface area contributed by atoms with E-state index in [9.17, 15) is 23.2 Å². The van der Waals surface area contributed by atoms with Crippen LogP contribution in [0.3, 0.4) is 0 Å². The van der Waals surface area contributed by atoms with Gasteiger partial charge in [-0.2, -0.15) is 0 Å². The summed E-state index contributed by atoms with van der Waals surface area (Å²) in [5.41, 5.74) is -0.169. The van der Waals surface area contributed by atoms with Gasteiger partial charge in [0.15, 0.2) is 6.61 Å². The molecule has 3 aromatic rings. The van der Waals surface area contributed by atoms with Crippen LogP contribution in [0.5, 0.6) is 5.75 Å². The van der Waals surface area contributed by atoms with Crippen LogP contribution in [0.2, 0.25) is 0 Å². The van der Waals surface area contributed by atoms with E-state index in [0.717, 1.165) is 12.1 Å². The smallest absolute Gasteiger partial charge is 0.261 e. The van der Waals surface area contributed by atoms with Crippen LogP contribution in [0.1, 0.15) is 12.5 Å². The Morgan fingerprint density at radius 3 is 1.80 bits per heavy atom. The van der Waals surface area contributed by atoms with Gasteiger partial charge < -0.3 is 20.7 Å². The minimum absolute atomic E-state index is 0.115. The van der Waals surface area contributed by atoms with E-state index in [-0.39, 0.29) is 29.5 Å². The second-order valence-electron chi connectivity index (χ2n) is 7.24. The summed E-state index contributed by atoms with van der Waals surface area (Å²) < 4.78 is 33.5. The first-order valence-corrected chi connectivity index (χ1v) is 10.7. The van der Waals surface area contributed by atoms with Crippen molar-refractivity contribution in [3.8, 4) is 5.75 Å². The number of hydrogen-bond donors (Lipinski definition) is 3. The van der Waals surface area contributed by atoms with Gasteiger partial charge in [-0.1, -0.05) is 36.4 Å². The van der Waals surface area contributed by atoms with Crippen LogP contribution in [0.4, 0.5) is 20.2 Å². The van der Waals surface area contributed by atoms with Crippen LogP contribution in [-0.2, 0) is 14.4 Å². The lowest BCUT2D eigenvalue weighted by Crippen LogP contribution is -2.28. The zero-order valence-electron chi connectivity index (χ0n) is 18.8. The van der Waals surface area contributed by atoms with Crippen molar-refractivity contribution in [3.05, 3.63) is 95.6 Å². The zero-order chi connectivity index (χ0) is 25.2. The minimum atomic E-state index is -0.888. The van der Waals surface area contributed by atoms with Gasteiger partial charge in [-0.25, -0.2) is 8.78 Å². The number of carbonyl (C=O) groups is 3. The van der Waals surface area contributed by atoms with E-state index in [0.29, 0.717) is 17.9 Å². The van der Waals surface area contributed by atoms with Crippen molar-refractivity contribution >= 4 is 35.2 Å². The highest BCUT2D eigenvalue weighted by atomic mass is 19.1. The predicted octanol–water partition coefficient (Wildman–Crippen LogP) is 4.14. The highest BCUT2D eigenvalue weighted by Crippen LogP contribution is 2.19. The number of hydrogen-bond acceptors (Lipinski definition) is 4. The van der Waals surface area contributed by atoms with Gasteiger partial charge in [0, 0.05) is 6.54 Å². The Bertz CT molecular complexity index is 1180. The SMILES string of the molecule is CCNC(=O)COc1ccc(C=C(C(=O)Nc2ccccc2F)C(=O)Nc2ccccc2F)cc1. The summed E-state index contributed by atoms with van der Waals surface area (Å²) in [6, 6.07) is 17.3. The molecule has 180 valence electrons. The number of amides is 3. The summed E-state index contributed by atoms with van der Waals surface area (Å²) in [4.78, 5) is 37.4. The molecule has 3 N–H and O–H groups in total. The second kappa shape index (κ2) is 12.1. The van der Waals surface area contributed by atoms with Gasteiger partial charge in [-0.05, 0) is 55.0 Å². The largest absolute Gasteiger partial charge is 0.484 e. The molecular formula is C26H23F2N3O4. The Morgan fingerprint density at radius 2 is 1.31 bits per heavy atom. The summed E-state index contributed by atoms with van der Waals surface area (Å²) in [6.07, 6.45) is 1.28. The van der Waals surface area contributed by atoms with E-state index < -0.39 is 23.4 Å². The Hall–Kier alpha value is -4.53. The van der Waals surface area contributed by atoms with Crippen molar-refractivity contribution in [2.45, 2.75) is 6.92 Å². The fourth-order valence-corrected chi connectivity index (χ4v) is 2.96. The summed E-state index contributed by atoms with van der Waals surface area (Å²) in [5, 5.41) is 7.33.